The fourth-order valence-corrected chi connectivity index (χ4v) is 3.06. The summed E-state index contributed by atoms with van der Waals surface area (Å²) in [5, 5.41) is 8.03. The van der Waals surface area contributed by atoms with E-state index < -0.39 is 5.82 Å². The molecule has 25 heavy (non-hydrogen) atoms. The number of amides is 1. The van der Waals surface area contributed by atoms with Crippen LogP contribution >= 0.6 is 0 Å². The van der Waals surface area contributed by atoms with E-state index in [0.29, 0.717) is 24.7 Å². The standard InChI is InChI=1S/C18H16FN3O3/c19-14-7-2-1-6-13(14)17-21-20-16(25-17)12-5-3-9-22(11-12)18(23)15-8-4-10-24-15/h1-2,4,6-8,10,12H,3,5,9,11H2. The average molecular weight is 341 g/mol. The first-order valence-electron chi connectivity index (χ1n) is 8.13. The summed E-state index contributed by atoms with van der Waals surface area (Å²) >= 11 is 0. The van der Waals surface area contributed by atoms with Gasteiger partial charge in [0.25, 0.3) is 11.8 Å². The number of aromatic nitrogens is 2. The van der Waals surface area contributed by atoms with Crippen LogP contribution in [-0.4, -0.2) is 34.1 Å². The fraction of sp³-hybridized carbons (Fsp3) is 0.278. The second kappa shape index (κ2) is 6.51. The molecule has 2 aromatic heterocycles. The Morgan fingerprint density at radius 2 is 2.08 bits per heavy atom. The molecule has 1 aliphatic heterocycles. The summed E-state index contributed by atoms with van der Waals surface area (Å²) in [4.78, 5) is 14.1. The number of halogens is 1. The Morgan fingerprint density at radius 1 is 1.20 bits per heavy atom. The minimum absolute atomic E-state index is 0.0688. The maximum atomic E-state index is 13.9. The first-order valence-corrected chi connectivity index (χ1v) is 8.13. The Hall–Kier alpha value is -2.96. The maximum Gasteiger partial charge on any atom is 0.289 e. The van der Waals surface area contributed by atoms with Crippen molar-refractivity contribution >= 4 is 5.91 Å². The van der Waals surface area contributed by atoms with Gasteiger partial charge < -0.3 is 13.7 Å². The van der Waals surface area contributed by atoms with Gasteiger partial charge in [-0.15, -0.1) is 10.2 Å². The lowest BCUT2D eigenvalue weighted by molar-refractivity contribution is 0.0666. The summed E-state index contributed by atoms with van der Waals surface area (Å²) < 4.78 is 24.7. The molecular formula is C18H16FN3O3. The molecule has 0 radical (unpaired) electrons. The Balaban J connectivity index is 1.52. The predicted molar refractivity (Wildman–Crippen MR) is 86.3 cm³/mol. The molecule has 1 aromatic carbocycles. The van der Waals surface area contributed by atoms with Crippen molar-refractivity contribution in [1.29, 1.82) is 0 Å². The van der Waals surface area contributed by atoms with E-state index in [0.717, 1.165) is 12.8 Å². The molecule has 3 heterocycles. The second-order valence-electron chi connectivity index (χ2n) is 5.99. The van der Waals surface area contributed by atoms with Crippen molar-refractivity contribution in [1.82, 2.24) is 15.1 Å². The van der Waals surface area contributed by atoms with Crippen molar-refractivity contribution in [3.63, 3.8) is 0 Å². The normalized spacial score (nSPS) is 17.6. The van der Waals surface area contributed by atoms with Gasteiger partial charge in [-0.05, 0) is 37.1 Å². The molecule has 1 saturated heterocycles. The first-order chi connectivity index (χ1) is 12.2. The Bertz CT molecular complexity index is 875. The van der Waals surface area contributed by atoms with Crippen molar-refractivity contribution in [2.75, 3.05) is 13.1 Å². The number of hydrogen-bond acceptors (Lipinski definition) is 5. The van der Waals surface area contributed by atoms with E-state index in [1.165, 1.54) is 12.3 Å². The topological polar surface area (TPSA) is 72.4 Å². The Kier molecular flexibility index (Phi) is 4.05. The van der Waals surface area contributed by atoms with Crippen molar-refractivity contribution in [3.05, 3.63) is 60.1 Å². The van der Waals surface area contributed by atoms with Gasteiger partial charge in [0.1, 0.15) is 5.82 Å². The molecule has 4 rings (SSSR count). The van der Waals surface area contributed by atoms with Crippen molar-refractivity contribution in [3.8, 4) is 11.5 Å². The van der Waals surface area contributed by atoms with Gasteiger partial charge >= 0.3 is 0 Å². The number of piperidine rings is 1. The number of likely N-dealkylation sites (tertiary alicyclic amines) is 1. The lowest BCUT2D eigenvalue weighted by Crippen LogP contribution is -2.39. The summed E-state index contributed by atoms with van der Waals surface area (Å²) in [5.74, 6) is 0.274. The van der Waals surface area contributed by atoms with E-state index in [2.05, 4.69) is 10.2 Å². The molecule has 0 saturated carbocycles. The quantitative estimate of drug-likeness (QED) is 0.729. The van der Waals surface area contributed by atoms with Crippen molar-refractivity contribution < 1.29 is 18.0 Å². The summed E-state index contributed by atoms with van der Waals surface area (Å²) in [5.41, 5.74) is 0.278. The summed E-state index contributed by atoms with van der Waals surface area (Å²) in [7, 11) is 0. The van der Waals surface area contributed by atoms with Gasteiger partial charge in [0, 0.05) is 13.1 Å². The molecule has 0 spiro atoms. The highest BCUT2D eigenvalue weighted by Gasteiger charge is 2.30. The largest absolute Gasteiger partial charge is 0.459 e. The molecule has 128 valence electrons. The molecular weight excluding hydrogens is 325 g/mol. The number of rotatable bonds is 3. The van der Waals surface area contributed by atoms with Crippen LogP contribution in [0.1, 0.15) is 35.2 Å². The third-order valence-electron chi connectivity index (χ3n) is 4.33. The minimum Gasteiger partial charge on any atom is -0.459 e. The van der Waals surface area contributed by atoms with Crippen LogP contribution in [0.2, 0.25) is 0 Å². The van der Waals surface area contributed by atoms with Crippen LogP contribution < -0.4 is 0 Å². The molecule has 1 aliphatic rings. The smallest absolute Gasteiger partial charge is 0.289 e. The zero-order valence-electron chi connectivity index (χ0n) is 13.4. The monoisotopic (exact) mass is 341 g/mol. The van der Waals surface area contributed by atoms with Gasteiger partial charge in [-0.3, -0.25) is 4.79 Å². The number of nitrogens with zero attached hydrogens (tertiary/aromatic N) is 3. The molecule has 7 heteroatoms. The predicted octanol–water partition coefficient (Wildman–Crippen LogP) is 3.49. The van der Waals surface area contributed by atoms with E-state index in [4.69, 9.17) is 8.83 Å². The third kappa shape index (κ3) is 3.05. The van der Waals surface area contributed by atoms with Gasteiger partial charge in [0.05, 0.1) is 17.7 Å². The molecule has 6 nitrogen and oxygen atoms in total. The molecule has 1 fully saturated rings. The van der Waals surface area contributed by atoms with Crippen LogP contribution in [0.4, 0.5) is 4.39 Å². The summed E-state index contributed by atoms with van der Waals surface area (Å²) in [6.45, 7) is 1.13. The number of carbonyl (C=O) groups excluding carboxylic acids is 1. The molecule has 3 aromatic rings. The number of hydrogen-bond donors (Lipinski definition) is 0. The van der Waals surface area contributed by atoms with Crippen LogP contribution in [0.3, 0.4) is 0 Å². The minimum atomic E-state index is -0.407. The lowest BCUT2D eigenvalue weighted by Gasteiger charge is -2.30. The molecule has 0 bridgehead atoms. The maximum absolute atomic E-state index is 13.9. The fourth-order valence-electron chi connectivity index (χ4n) is 3.06. The molecule has 1 unspecified atom stereocenters. The van der Waals surface area contributed by atoms with E-state index in [9.17, 15) is 9.18 Å². The van der Waals surface area contributed by atoms with Gasteiger partial charge in [0.15, 0.2) is 5.76 Å². The van der Waals surface area contributed by atoms with E-state index in [-0.39, 0.29) is 23.3 Å². The molecule has 0 N–H and O–H groups in total. The zero-order valence-corrected chi connectivity index (χ0v) is 13.4. The van der Waals surface area contributed by atoms with E-state index in [1.807, 2.05) is 0 Å². The summed E-state index contributed by atoms with van der Waals surface area (Å²) in [6.07, 6.45) is 3.14. The van der Waals surface area contributed by atoms with Crippen LogP contribution in [-0.2, 0) is 0 Å². The number of benzene rings is 1. The van der Waals surface area contributed by atoms with Crippen LogP contribution in [0.25, 0.3) is 11.5 Å². The highest BCUT2D eigenvalue weighted by molar-refractivity contribution is 5.91. The molecule has 0 aliphatic carbocycles. The van der Waals surface area contributed by atoms with Crippen LogP contribution in [0.5, 0.6) is 0 Å². The SMILES string of the molecule is O=C(c1ccco1)N1CCCC(c2nnc(-c3ccccc3F)o2)C1. The van der Waals surface area contributed by atoms with Crippen molar-refractivity contribution in [2.24, 2.45) is 0 Å². The Labute approximate surface area is 143 Å². The van der Waals surface area contributed by atoms with Crippen LogP contribution in [0.15, 0.2) is 51.5 Å². The van der Waals surface area contributed by atoms with Crippen LogP contribution in [0, 0.1) is 5.82 Å². The zero-order chi connectivity index (χ0) is 17.2. The van der Waals surface area contributed by atoms with Gasteiger partial charge in [-0.25, -0.2) is 4.39 Å². The highest BCUT2D eigenvalue weighted by Crippen LogP contribution is 2.29. The number of furan rings is 1. The van der Waals surface area contributed by atoms with Gasteiger partial charge in [0.2, 0.25) is 5.89 Å². The van der Waals surface area contributed by atoms with Gasteiger partial charge in [-0.1, -0.05) is 12.1 Å². The highest BCUT2D eigenvalue weighted by atomic mass is 19.1. The summed E-state index contributed by atoms with van der Waals surface area (Å²) in [6, 6.07) is 9.61. The Morgan fingerprint density at radius 3 is 2.88 bits per heavy atom. The lowest BCUT2D eigenvalue weighted by atomic mass is 9.98. The average Bonchev–Trinajstić information content (AvgIpc) is 3.34. The molecule has 1 amide bonds. The van der Waals surface area contributed by atoms with E-state index in [1.54, 1.807) is 35.2 Å². The molecule has 1 atom stereocenters. The van der Waals surface area contributed by atoms with Crippen molar-refractivity contribution in [2.45, 2.75) is 18.8 Å². The van der Waals surface area contributed by atoms with Gasteiger partial charge in [-0.2, -0.15) is 0 Å². The first kappa shape index (κ1) is 15.6. The van der Waals surface area contributed by atoms with E-state index >= 15 is 0 Å². The third-order valence-corrected chi connectivity index (χ3v) is 4.33. The second-order valence-corrected chi connectivity index (χ2v) is 5.99. The number of carbonyl (C=O) groups is 1.